The Bertz CT molecular complexity index is 404. The smallest absolute Gasteiger partial charge is 0.217 e. The lowest BCUT2D eigenvalue weighted by atomic mass is 10.2. The Morgan fingerprint density at radius 1 is 0.917 bits per heavy atom. The molecule has 0 fully saturated rings. The molecule has 1 aromatic rings. The molecule has 0 aliphatic carbocycles. The van der Waals surface area contributed by atoms with Crippen molar-refractivity contribution in [3.8, 4) is 5.88 Å². The lowest BCUT2D eigenvalue weighted by molar-refractivity contribution is 0.294. The van der Waals surface area contributed by atoms with E-state index in [0.29, 0.717) is 11.7 Å². The Hall–Kier alpha value is -1.45. The molecule has 24 heavy (non-hydrogen) atoms. The van der Waals surface area contributed by atoms with Crippen molar-refractivity contribution in [3.63, 3.8) is 0 Å². The van der Waals surface area contributed by atoms with Crippen LogP contribution in [0.4, 0.5) is 11.5 Å². The van der Waals surface area contributed by atoms with Crippen LogP contribution in [0.15, 0.2) is 12.1 Å². The molecule has 0 aliphatic rings. The molecule has 0 unspecified atom stereocenters. The Kier molecular flexibility index (Phi) is 14.2. The molecule has 0 aromatic carbocycles. The number of ether oxygens (including phenoxy) is 1. The molecule has 0 bridgehead atoms. The molecule has 1 aromatic heterocycles. The molecule has 0 atom stereocenters. The molecular weight excluding hydrogens is 298 g/mol. The van der Waals surface area contributed by atoms with E-state index < -0.39 is 0 Å². The summed E-state index contributed by atoms with van der Waals surface area (Å²) >= 11 is 0. The van der Waals surface area contributed by atoms with Crippen LogP contribution in [-0.2, 0) is 0 Å². The van der Waals surface area contributed by atoms with Crippen molar-refractivity contribution in [2.24, 2.45) is 0 Å². The van der Waals surface area contributed by atoms with Gasteiger partial charge in [0.1, 0.15) is 5.82 Å². The first-order valence-electron chi connectivity index (χ1n) is 9.86. The van der Waals surface area contributed by atoms with Crippen LogP contribution >= 0.6 is 0 Å². The predicted octanol–water partition coefficient (Wildman–Crippen LogP) is 5.67. The highest BCUT2D eigenvalue weighted by Gasteiger charge is 2.08. The number of nitrogens with two attached hydrogens (primary N) is 1. The van der Waals surface area contributed by atoms with E-state index in [1.54, 1.807) is 0 Å². The van der Waals surface area contributed by atoms with Crippen molar-refractivity contribution in [3.05, 3.63) is 12.1 Å². The summed E-state index contributed by atoms with van der Waals surface area (Å²) in [5.74, 6) is 1.19. The second kappa shape index (κ2) is 15.1. The molecule has 0 radical (unpaired) electrons. The van der Waals surface area contributed by atoms with E-state index in [1.165, 1.54) is 25.7 Å². The fourth-order valence-corrected chi connectivity index (χ4v) is 2.56. The molecule has 0 saturated heterocycles. The molecule has 0 amide bonds. The number of nitrogen functional groups attached to an aromatic ring is 1. The third-order valence-electron chi connectivity index (χ3n) is 3.66. The van der Waals surface area contributed by atoms with Crippen LogP contribution in [0.3, 0.4) is 0 Å². The summed E-state index contributed by atoms with van der Waals surface area (Å²) in [7, 11) is 0. The first-order chi connectivity index (χ1) is 11.7. The summed E-state index contributed by atoms with van der Waals surface area (Å²) in [6.45, 7) is 13.4. The van der Waals surface area contributed by atoms with Gasteiger partial charge >= 0.3 is 0 Å². The van der Waals surface area contributed by atoms with E-state index in [0.717, 1.165) is 44.6 Å². The third kappa shape index (κ3) is 9.64. The van der Waals surface area contributed by atoms with Crippen LogP contribution in [0, 0.1) is 0 Å². The standard InChI is InChI=1S/C18H33N3O.C2H6/c1-4-7-8-9-10-13-22-18-15-16(14-17(19)20-18)21(11-5-2)12-6-3;1-2/h14-15H,4-13H2,1-3H3,(H2,19,20);1-2H3. The van der Waals surface area contributed by atoms with Crippen LogP contribution in [0.1, 0.15) is 79.6 Å². The third-order valence-corrected chi connectivity index (χ3v) is 3.66. The highest BCUT2D eigenvalue weighted by molar-refractivity contribution is 5.55. The van der Waals surface area contributed by atoms with Crippen molar-refractivity contribution >= 4 is 11.5 Å². The number of hydrogen-bond acceptors (Lipinski definition) is 4. The van der Waals surface area contributed by atoms with Crippen LogP contribution in [-0.4, -0.2) is 24.7 Å². The number of rotatable bonds is 12. The summed E-state index contributed by atoms with van der Waals surface area (Å²) in [5, 5.41) is 0. The zero-order chi connectivity index (χ0) is 18.2. The fourth-order valence-electron chi connectivity index (χ4n) is 2.56. The van der Waals surface area contributed by atoms with Crippen molar-refractivity contribution in [1.82, 2.24) is 4.98 Å². The van der Waals surface area contributed by atoms with E-state index in [1.807, 2.05) is 26.0 Å². The number of unbranched alkanes of at least 4 members (excludes halogenated alkanes) is 4. The molecule has 0 saturated carbocycles. The highest BCUT2D eigenvalue weighted by Crippen LogP contribution is 2.23. The van der Waals surface area contributed by atoms with Gasteiger partial charge in [-0.1, -0.05) is 60.3 Å². The van der Waals surface area contributed by atoms with E-state index in [-0.39, 0.29) is 0 Å². The van der Waals surface area contributed by atoms with E-state index in [9.17, 15) is 0 Å². The summed E-state index contributed by atoms with van der Waals surface area (Å²) in [5.41, 5.74) is 7.06. The number of nitrogens with zero attached hydrogens (tertiary/aromatic N) is 2. The fraction of sp³-hybridized carbons (Fsp3) is 0.750. The van der Waals surface area contributed by atoms with Gasteiger partial charge in [0.25, 0.3) is 0 Å². The molecule has 4 heteroatoms. The molecule has 1 heterocycles. The molecule has 4 nitrogen and oxygen atoms in total. The minimum absolute atomic E-state index is 0.538. The number of aromatic nitrogens is 1. The van der Waals surface area contributed by atoms with Crippen molar-refractivity contribution in [2.45, 2.75) is 79.6 Å². The average Bonchev–Trinajstić information content (AvgIpc) is 2.59. The summed E-state index contributed by atoms with van der Waals surface area (Å²) in [4.78, 5) is 6.65. The summed E-state index contributed by atoms with van der Waals surface area (Å²) < 4.78 is 5.80. The highest BCUT2D eigenvalue weighted by atomic mass is 16.5. The van der Waals surface area contributed by atoms with E-state index in [4.69, 9.17) is 10.5 Å². The Balaban J connectivity index is 0.00000254. The van der Waals surface area contributed by atoms with Crippen molar-refractivity contribution < 1.29 is 4.74 Å². The molecule has 140 valence electrons. The van der Waals surface area contributed by atoms with Gasteiger partial charge in [0, 0.05) is 30.9 Å². The van der Waals surface area contributed by atoms with Gasteiger partial charge in [-0.15, -0.1) is 0 Å². The van der Waals surface area contributed by atoms with Crippen LogP contribution < -0.4 is 15.4 Å². The van der Waals surface area contributed by atoms with E-state index >= 15 is 0 Å². The largest absolute Gasteiger partial charge is 0.478 e. The Morgan fingerprint density at radius 3 is 2.12 bits per heavy atom. The monoisotopic (exact) mass is 337 g/mol. The maximum Gasteiger partial charge on any atom is 0.217 e. The van der Waals surface area contributed by atoms with Crippen molar-refractivity contribution in [1.29, 1.82) is 0 Å². The molecular formula is C20H39N3O. The quantitative estimate of drug-likeness (QED) is 0.500. The second-order valence-electron chi connectivity index (χ2n) is 5.84. The van der Waals surface area contributed by atoms with Gasteiger partial charge in [0.05, 0.1) is 6.61 Å². The van der Waals surface area contributed by atoms with Gasteiger partial charge in [0.15, 0.2) is 0 Å². The van der Waals surface area contributed by atoms with Crippen LogP contribution in [0.5, 0.6) is 5.88 Å². The first-order valence-corrected chi connectivity index (χ1v) is 9.86. The normalized spacial score (nSPS) is 10.0. The second-order valence-corrected chi connectivity index (χ2v) is 5.84. The van der Waals surface area contributed by atoms with E-state index in [2.05, 4.69) is 30.7 Å². The van der Waals surface area contributed by atoms with Gasteiger partial charge in [-0.25, -0.2) is 0 Å². The summed E-state index contributed by atoms with van der Waals surface area (Å²) in [6, 6.07) is 3.97. The Morgan fingerprint density at radius 2 is 1.54 bits per heavy atom. The minimum atomic E-state index is 0.538. The van der Waals surface area contributed by atoms with Crippen LogP contribution in [0.25, 0.3) is 0 Å². The molecule has 2 N–H and O–H groups in total. The lowest BCUT2D eigenvalue weighted by Gasteiger charge is -2.24. The number of pyridine rings is 1. The molecule has 0 aliphatic heterocycles. The van der Waals surface area contributed by atoms with Crippen LogP contribution in [0.2, 0.25) is 0 Å². The summed E-state index contributed by atoms with van der Waals surface area (Å²) in [6.07, 6.45) is 8.41. The topological polar surface area (TPSA) is 51.4 Å². The molecule has 0 spiro atoms. The average molecular weight is 338 g/mol. The minimum Gasteiger partial charge on any atom is -0.478 e. The zero-order valence-electron chi connectivity index (χ0n) is 16.6. The van der Waals surface area contributed by atoms with Gasteiger partial charge in [-0.3, -0.25) is 0 Å². The van der Waals surface area contributed by atoms with Gasteiger partial charge in [-0.05, 0) is 19.3 Å². The maximum atomic E-state index is 5.94. The van der Waals surface area contributed by atoms with Gasteiger partial charge in [-0.2, -0.15) is 4.98 Å². The van der Waals surface area contributed by atoms with Gasteiger partial charge in [0.2, 0.25) is 5.88 Å². The zero-order valence-corrected chi connectivity index (χ0v) is 16.6. The number of hydrogen-bond donors (Lipinski definition) is 1. The predicted molar refractivity (Wildman–Crippen MR) is 107 cm³/mol. The lowest BCUT2D eigenvalue weighted by Crippen LogP contribution is -2.25. The molecule has 1 rings (SSSR count). The first kappa shape index (κ1) is 22.6. The maximum absolute atomic E-state index is 5.94. The number of anilines is 2. The SMILES string of the molecule is CC.CCCCCCCOc1cc(N(CCC)CCC)cc(N)n1. The van der Waals surface area contributed by atoms with Crippen molar-refractivity contribution in [2.75, 3.05) is 30.3 Å². The van der Waals surface area contributed by atoms with Gasteiger partial charge < -0.3 is 15.4 Å². The Labute approximate surface area is 149 Å².